The Labute approximate surface area is 186 Å². The van der Waals surface area contributed by atoms with Crippen molar-refractivity contribution in [3.63, 3.8) is 0 Å². The molecular weight excluding hydrogens is 418 g/mol. The highest BCUT2D eigenvalue weighted by Gasteiger charge is 2.23. The van der Waals surface area contributed by atoms with Crippen LogP contribution in [-0.4, -0.2) is 57.8 Å². The van der Waals surface area contributed by atoms with Crippen molar-refractivity contribution in [3.8, 4) is 11.5 Å². The first-order chi connectivity index (χ1) is 15.1. The monoisotopic (exact) mass is 447 g/mol. The van der Waals surface area contributed by atoms with Crippen LogP contribution in [0.25, 0.3) is 0 Å². The zero-order chi connectivity index (χ0) is 21.6. The lowest BCUT2D eigenvalue weighted by Crippen LogP contribution is -2.33. The first kappa shape index (κ1) is 21.9. The van der Waals surface area contributed by atoms with Crippen LogP contribution in [0.15, 0.2) is 23.4 Å². The Kier molecular flexibility index (Phi) is 7.29. The Morgan fingerprint density at radius 1 is 1.23 bits per heavy atom. The fourth-order valence-electron chi connectivity index (χ4n) is 3.75. The molecule has 168 valence electrons. The molecule has 10 heteroatoms. The number of ether oxygens (including phenoxy) is 3. The molecule has 0 aliphatic carbocycles. The van der Waals surface area contributed by atoms with Crippen LogP contribution < -0.4 is 14.8 Å². The van der Waals surface area contributed by atoms with Crippen LogP contribution in [0.3, 0.4) is 0 Å². The zero-order valence-electron chi connectivity index (χ0n) is 18.0. The molecule has 2 aromatic rings. The summed E-state index contributed by atoms with van der Waals surface area (Å²) in [6.07, 6.45) is 3.07. The summed E-state index contributed by atoms with van der Waals surface area (Å²) < 4.78 is 18.9. The minimum atomic E-state index is -0.131. The van der Waals surface area contributed by atoms with Crippen molar-refractivity contribution in [2.75, 3.05) is 25.6 Å². The third kappa shape index (κ3) is 5.68. The van der Waals surface area contributed by atoms with Gasteiger partial charge in [-0.25, -0.2) is 4.68 Å². The molecule has 2 aliphatic heterocycles. The molecule has 1 fully saturated rings. The molecular formula is C21H29N5O4S. The zero-order valence-corrected chi connectivity index (χ0v) is 18.8. The molecule has 0 bridgehead atoms. The molecule has 1 amide bonds. The van der Waals surface area contributed by atoms with E-state index in [-0.39, 0.29) is 29.7 Å². The summed E-state index contributed by atoms with van der Waals surface area (Å²) in [4.78, 5) is 12.7. The van der Waals surface area contributed by atoms with Crippen molar-refractivity contribution in [1.29, 1.82) is 0 Å². The lowest BCUT2D eigenvalue weighted by molar-refractivity contribution is -0.119. The van der Waals surface area contributed by atoms with Crippen LogP contribution in [0.2, 0.25) is 0 Å². The number of rotatable bonds is 8. The summed E-state index contributed by atoms with van der Waals surface area (Å²) in [5.41, 5.74) is 1.00. The quantitative estimate of drug-likeness (QED) is 0.617. The van der Waals surface area contributed by atoms with E-state index in [4.69, 9.17) is 14.2 Å². The van der Waals surface area contributed by atoms with Gasteiger partial charge in [-0.05, 0) is 46.9 Å². The summed E-state index contributed by atoms with van der Waals surface area (Å²) in [5.74, 6) is 1.87. The van der Waals surface area contributed by atoms with Gasteiger partial charge in [0.2, 0.25) is 11.1 Å². The fourth-order valence-corrected chi connectivity index (χ4v) is 4.45. The van der Waals surface area contributed by atoms with Gasteiger partial charge < -0.3 is 19.5 Å². The molecule has 31 heavy (non-hydrogen) atoms. The second-order valence-corrected chi connectivity index (χ2v) is 9.06. The largest absolute Gasteiger partial charge is 0.490 e. The van der Waals surface area contributed by atoms with Crippen molar-refractivity contribution in [2.45, 2.75) is 57.0 Å². The Balaban J connectivity index is 1.36. The number of benzene rings is 1. The van der Waals surface area contributed by atoms with Gasteiger partial charge in [0.25, 0.3) is 0 Å². The van der Waals surface area contributed by atoms with Gasteiger partial charge in [-0.3, -0.25) is 4.79 Å². The van der Waals surface area contributed by atoms with Gasteiger partial charge >= 0.3 is 0 Å². The first-order valence-corrected chi connectivity index (χ1v) is 11.8. The Morgan fingerprint density at radius 2 is 2.06 bits per heavy atom. The third-order valence-corrected chi connectivity index (χ3v) is 6.30. The van der Waals surface area contributed by atoms with E-state index < -0.39 is 0 Å². The van der Waals surface area contributed by atoms with Gasteiger partial charge in [0, 0.05) is 13.0 Å². The highest BCUT2D eigenvalue weighted by molar-refractivity contribution is 7.99. The van der Waals surface area contributed by atoms with Gasteiger partial charge in [-0.2, -0.15) is 0 Å². The van der Waals surface area contributed by atoms with E-state index in [1.54, 1.807) is 4.68 Å². The first-order valence-electron chi connectivity index (χ1n) is 10.8. The van der Waals surface area contributed by atoms with Gasteiger partial charge in [-0.1, -0.05) is 31.7 Å². The van der Waals surface area contributed by atoms with E-state index in [1.165, 1.54) is 11.8 Å². The van der Waals surface area contributed by atoms with E-state index in [9.17, 15) is 4.79 Å². The summed E-state index contributed by atoms with van der Waals surface area (Å²) in [6.45, 7) is 6.86. The number of thioether (sulfide) groups is 1. The normalized spacial score (nSPS) is 19.3. The van der Waals surface area contributed by atoms with Gasteiger partial charge in [-0.15, -0.1) is 5.10 Å². The molecule has 0 radical (unpaired) electrons. The number of fused-ring (bicyclic) bond motifs is 1. The van der Waals surface area contributed by atoms with Gasteiger partial charge in [0.15, 0.2) is 11.5 Å². The molecule has 0 spiro atoms. The summed E-state index contributed by atoms with van der Waals surface area (Å²) in [7, 11) is 0. The van der Waals surface area contributed by atoms with Crippen molar-refractivity contribution < 1.29 is 19.0 Å². The minimum absolute atomic E-state index is 0.0672. The van der Waals surface area contributed by atoms with E-state index in [2.05, 4.69) is 34.7 Å². The highest BCUT2D eigenvalue weighted by Crippen LogP contribution is 2.34. The van der Waals surface area contributed by atoms with E-state index in [0.717, 1.165) is 42.9 Å². The summed E-state index contributed by atoms with van der Waals surface area (Å²) in [5, 5.41) is 15.6. The Bertz CT molecular complexity index is 884. The van der Waals surface area contributed by atoms with E-state index >= 15 is 0 Å². The maximum absolute atomic E-state index is 12.7. The second-order valence-electron chi connectivity index (χ2n) is 8.11. The number of hydrogen-bond donors (Lipinski definition) is 1. The van der Waals surface area contributed by atoms with Gasteiger partial charge in [0.05, 0.1) is 37.7 Å². The molecule has 1 N–H and O–H groups in total. The standard InChI is InChI=1S/C21H29N5O4S/c1-14(2)20(15-6-7-17-18(11-15)30-10-4-9-29-17)22-19(27)13-31-21-23-24-25-26(21)12-16-5-3-8-28-16/h6-7,11,14,16,20H,3-5,8-10,12-13H2,1-2H3,(H,22,27). The molecule has 2 atom stereocenters. The highest BCUT2D eigenvalue weighted by atomic mass is 32.2. The van der Waals surface area contributed by atoms with Crippen molar-refractivity contribution in [1.82, 2.24) is 25.5 Å². The lowest BCUT2D eigenvalue weighted by atomic mass is 9.95. The van der Waals surface area contributed by atoms with Crippen LogP contribution >= 0.6 is 11.8 Å². The van der Waals surface area contributed by atoms with Crippen LogP contribution in [-0.2, 0) is 16.1 Å². The molecule has 1 saturated heterocycles. The van der Waals surface area contributed by atoms with Crippen LogP contribution in [0.5, 0.6) is 11.5 Å². The fraction of sp³-hybridized carbons (Fsp3) is 0.619. The number of amides is 1. The molecule has 1 aromatic heterocycles. The van der Waals surface area contributed by atoms with Crippen LogP contribution in [0.1, 0.15) is 44.7 Å². The van der Waals surface area contributed by atoms with Crippen LogP contribution in [0, 0.1) is 5.92 Å². The van der Waals surface area contributed by atoms with Crippen LogP contribution in [0.4, 0.5) is 0 Å². The SMILES string of the molecule is CC(C)C(NC(=O)CSc1nnnn1CC1CCCO1)c1ccc2c(c1)OCCCO2. The molecule has 0 saturated carbocycles. The minimum Gasteiger partial charge on any atom is -0.490 e. The topological polar surface area (TPSA) is 100 Å². The molecule has 2 aliphatic rings. The van der Waals surface area contributed by atoms with E-state index in [0.29, 0.717) is 24.9 Å². The lowest BCUT2D eigenvalue weighted by Gasteiger charge is -2.24. The molecule has 2 unspecified atom stereocenters. The Morgan fingerprint density at radius 3 is 2.84 bits per heavy atom. The molecule has 3 heterocycles. The number of nitrogens with zero attached hydrogens (tertiary/aromatic N) is 4. The molecule has 4 rings (SSSR count). The van der Waals surface area contributed by atoms with Crippen molar-refractivity contribution in [2.24, 2.45) is 5.92 Å². The van der Waals surface area contributed by atoms with Gasteiger partial charge in [0.1, 0.15) is 0 Å². The third-order valence-electron chi connectivity index (χ3n) is 5.35. The number of aromatic nitrogens is 4. The Hall–Kier alpha value is -2.33. The number of nitrogens with one attached hydrogen (secondary N) is 1. The number of hydrogen-bond acceptors (Lipinski definition) is 8. The maximum Gasteiger partial charge on any atom is 0.230 e. The number of tetrazole rings is 1. The van der Waals surface area contributed by atoms with Crippen molar-refractivity contribution in [3.05, 3.63) is 23.8 Å². The maximum atomic E-state index is 12.7. The summed E-state index contributed by atoms with van der Waals surface area (Å²) >= 11 is 1.33. The number of carbonyl (C=O) groups excluding carboxylic acids is 1. The summed E-state index contributed by atoms with van der Waals surface area (Å²) in [6, 6.07) is 5.76. The predicted octanol–water partition coefficient (Wildman–Crippen LogP) is 2.62. The molecule has 9 nitrogen and oxygen atoms in total. The number of carbonyl (C=O) groups is 1. The van der Waals surface area contributed by atoms with E-state index in [1.807, 2.05) is 18.2 Å². The van der Waals surface area contributed by atoms with Crippen molar-refractivity contribution >= 4 is 17.7 Å². The molecule has 1 aromatic carbocycles. The average molecular weight is 448 g/mol. The predicted molar refractivity (Wildman–Crippen MR) is 115 cm³/mol. The average Bonchev–Trinajstić information content (AvgIpc) is 3.37. The second kappa shape index (κ2) is 10.3. The smallest absolute Gasteiger partial charge is 0.230 e.